The molecule has 1 aliphatic carbocycles. The van der Waals surface area contributed by atoms with Crippen LogP contribution in [0.3, 0.4) is 0 Å². The van der Waals surface area contributed by atoms with Crippen LogP contribution in [0.25, 0.3) is 38.7 Å². The molecule has 1 aliphatic rings. The Hall–Kier alpha value is -2.06. The maximum Gasteiger partial charge on any atom is 0.0609 e. The number of hydrogen-bond acceptors (Lipinski definition) is 0. The fraction of sp³-hybridized carbons (Fsp3) is 0.100. The van der Waals surface area contributed by atoms with E-state index < -0.39 is 0 Å². The van der Waals surface area contributed by atoms with E-state index in [-0.39, 0.29) is 0 Å². The lowest BCUT2D eigenvalue weighted by molar-refractivity contribution is 1.00. The van der Waals surface area contributed by atoms with Crippen LogP contribution in [-0.4, -0.2) is 4.98 Å². The number of halogens is 1. The third-order valence-electron chi connectivity index (χ3n) is 4.74. The molecule has 1 aromatic heterocycles. The third-order valence-corrected chi connectivity index (χ3v) is 5.41. The molecular formula is C20H14BrN. The first-order valence-electron chi connectivity index (χ1n) is 7.64. The van der Waals surface area contributed by atoms with Crippen LogP contribution in [0.1, 0.15) is 17.5 Å². The number of rotatable bonds is 0. The Morgan fingerprint density at radius 3 is 2.59 bits per heavy atom. The molecule has 1 N–H and O–H groups in total. The van der Waals surface area contributed by atoms with Crippen molar-refractivity contribution >= 4 is 54.6 Å². The van der Waals surface area contributed by atoms with Gasteiger partial charge in [-0.2, -0.15) is 0 Å². The van der Waals surface area contributed by atoms with Gasteiger partial charge in [-0.3, -0.25) is 0 Å². The van der Waals surface area contributed by atoms with Gasteiger partial charge in [0.1, 0.15) is 0 Å². The number of benzene rings is 3. The maximum atomic E-state index is 3.69. The van der Waals surface area contributed by atoms with E-state index in [1.54, 1.807) is 0 Å². The Labute approximate surface area is 136 Å². The molecule has 0 bridgehead atoms. The molecule has 0 saturated carbocycles. The number of nitrogens with one attached hydrogen (secondary N) is 1. The molecule has 0 fully saturated rings. The van der Waals surface area contributed by atoms with E-state index in [1.165, 1.54) is 43.7 Å². The van der Waals surface area contributed by atoms with Gasteiger partial charge in [0, 0.05) is 20.6 Å². The Bertz CT molecular complexity index is 1090. The highest BCUT2D eigenvalue weighted by molar-refractivity contribution is 9.10. The summed E-state index contributed by atoms with van der Waals surface area (Å²) in [6.07, 6.45) is 6.87. The van der Waals surface area contributed by atoms with Crippen LogP contribution in [0.4, 0.5) is 0 Å². The fourth-order valence-electron chi connectivity index (χ4n) is 3.81. The predicted molar refractivity (Wildman–Crippen MR) is 98.4 cm³/mol. The summed E-state index contributed by atoms with van der Waals surface area (Å²) in [5.74, 6) is 0. The normalized spacial score (nSPS) is 14.0. The van der Waals surface area contributed by atoms with Crippen molar-refractivity contribution in [2.45, 2.75) is 12.8 Å². The molecule has 22 heavy (non-hydrogen) atoms. The molecule has 3 aromatic carbocycles. The molecule has 0 atom stereocenters. The second kappa shape index (κ2) is 4.47. The number of fused-ring (bicyclic) bond motifs is 8. The average molecular weight is 348 g/mol. The van der Waals surface area contributed by atoms with Gasteiger partial charge in [-0.05, 0) is 51.4 Å². The standard InChI is InChI=1S/C20H14BrN/c21-17-11-5-10-16-18-14-8-3-1-6-12(14)13-7-2-4-9-15(13)20(18)22-19(16)17/h2-5,7-11,22H,1,6H2. The van der Waals surface area contributed by atoms with Crippen molar-refractivity contribution in [1.29, 1.82) is 0 Å². The molecule has 106 valence electrons. The minimum Gasteiger partial charge on any atom is -0.353 e. The molecular weight excluding hydrogens is 334 g/mol. The first-order valence-corrected chi connectivity index (χ1v) is 8.44. The van der Waals surface area contributed by atoms with Crippen LogP contribution in [0.2, 0.25) is 0 Å². The van der Waals surface area contributed by atoms with Crippen molar-refractivity contribution in [2.24, 2.45) is 0 Å². The molecule has 0 unspecified atom stereocenters. The van der Waals surface area contributed by atoms with E-state index in [0.717, 1.165) is 17.3 Å². The second-order valence-electron chi connectivity index (χ2n) is 5.92. The summed E-state index contributed by atoms with van der Waals surface area (Å²) in [5.41, 5.74) is 5.33. The zero-order valence-corrected chi connectivity index (χ0v) is 13.6. The molecule has 2 heteroatoms. The third kappa shape index (κ3) is 1.53. The topological polar surface area (TPSA) is 15.8 Å². The van der Waals surface area contributed by atoms with Gasteiger partial charge in [0.25, 0.3) is 0 Å². The minimum absolute atomic E-state index is 1.12. The van der Waals surface area contributed by atoms with Crippen molar-refractivity contribution in [2.75, 3.05) is 0 Å². The predicted octanol–water partition coefficient (Wildman–Crippen LogP) is 6.20. The number of aryl methyl sites for hydroxylation is 1. The summed E-state index contributed by atoms with van der Waals surface area (Å²) in [4.78, 5) is 3.66. The van der Waals surface area contributed by atoms with Crippen molar-refractivity contribution in [3.63, 3.8) is 0 Å². The van der Waals surface area contributed by atoms with Gasteiger partial charge in [-0.25, -0.2) is 0 Å². The lowest BCUT2D eigenvalue weighted by Crippen LogP contribution is -1.96. The van der Waals surface area contributed by atoms with Crippen LogP contribution in [0.5, 0.6) is 0 Å². The molecule has 4 aromatic rings. The quantitative estimate of drug-likeness (QED) is 0.390. The molecule has 5 rings (SSSR count). The fourth-order valence-corrected chi connectivity index (χ4v) is 4.27. The van der Waals surface area contributed by atoms with Crippen molar-refractivity contribution in [3.8, 4) is 0 Å². The van der Waals surface area contributed by atoms with Crippen LogP contribution in [0, 0.1) is 0 Å². The van der Waals surface area contributed by atoms with Gasteiger partial charge < -0.3 is 4.98 Å². The van der Waals surface area contributed by atoms with Crippen LogP contribution >= 0.6 is 15.9 Å². The Morgan fingerprint density at radius 2 is 1.68 bits per heavy atom. The van der Waals surface area contributed by atoms with Gasteiger partial charge in [0.05, 0.1) is 11.0 Å². The molecule has 0 spiro atoms. The summed E-state index contributed by atoms with van der Waals surface area (Å²) in [7, 11) is 0. The molecule has 0 saturated heterocycles. The number of aromatic nitrogens is 1. The summed E-state index contributed by atoms with van der Waals surface area (Å²) < 4.78 is 1.12. The van der Waals surface area contributed by atoms with E-state index in [0.29, 0.717) is 0 Å². The van der Waals surface area contributed by atoms with E-state index in [9.17, 15) is 0 Å². The Morgan fingerprint density at radius 1 is 0.864 bits per heavy atom. The first-order chi connectivity index (χ1) is 10.8. The van der Waals surface area contributed by atoms with Gasteiger partial charge >= 0.3 is 0 Å². The van der Waals surface area contributed by atoms with Gasteiger partial charge in [-0.15, -0.1) is 0 Å². The Kier molecular flexibility index (Phi) is 2.53. The van der Waals surface area contributed by atoms with Gasteiger partial charge in [0.15, 0.2) is 0 Å². The van der Waals surface area contributed by atoms with E-state index in [1.807, 2.05) is 0 Å². The van der Waals surface area contributed by atoms with E-state index in [2.05, 4.69) is 75.5 Å². The summed E-state index contributed by atoms with van der Waals surface area (Å²) in [6.45, 7) is 0. The molecule has 0 aliphatic heterocycles. The van der Waals surface area contributed by atoms with Crippen LogP contribution in [-0.2, 0) is 6.42 Å². The van der Waals surface area contributed by atoms with E-state index >= 15 is 0 Å². The monoisotopic (exact) mass is 347 g/mol. The second-order valence-corrected chi connectivity index (χ2v) is 6.77. The molecule has 0 radical (unpaired) electrons. The first kappa shape index (κ1) is 12.5. The summed E-state index contributed by atoms with van der Waals surface area (Å²) >= 11 is 3.69. The smallest absolute Gasteiger partial charge is 0.0609 e. The summed E-state index contributed by atoms with van der Waals surface area (Å²) in [6, 6.07) is 15.2. The number of para-hydroxylation sites is 1. The SMILES string of the molecule is Brc1cccc2c1[nH]c1c3ccccc3c3c(c21)C=CCC3. The summed E-state index contributed by atoms with van der Waals surface area (Å²) in [5, 5.41) is 5.38. The number of hydrogen-bond donors (Lipinski definition) is 1. The van der Waals surface area contributed by atoms with E-state index in [4.69, 9.17) is 0 Å². The van der Waals surface area contributed by atoms with Gasteiger partial charge in [-0.1, -0.05) is 48.6 Å². The molecule has 1 nitrogen and oxygen atoms in total. The number of allylic oxidation sites excluding steroid dienone is 1. The number of aromatic amines is 1. The van der Waals surface area contributed by atoms with Gasteiger partial charge in [0.2, 0.25) is 0 Å². The zero-order chi connectivity index (χ0) is 14.7. The highest BCUT2D eigenvalue weighted by atomic mass is 79.9. The lowest BCUT2D eigenvalue weighted by atomic mass is 9.88. The van der Waals surface area contributed by atoms with Crippen molar-refractivity contribution < 1.29 is 0 Å². The average Bonchev–Trinajstić information content (AvgIpc) is 2.97. The van der Waals surface area contributed by atoms with Crippen LogP contribution in [0.15, 0.2) is 53.0 Å². The molecule has 0 amide bonds. The van der Waals surface area contributed by atoms with Crippen molar-refractivity contribution in [3.05, 3.63) is 64.1 Å². The zero-order valence-electron chi connectivity index (χ0n) is 12.0. The van der Waals surface area contributed by atoms with Crippen LogP contribution < -0.4 is 0 Å². The highest BCUT2D eigenvalue weighted by Crippen LogP contribution is 2.41. The largest absolute Gasteiger partial charge is 0.353 e. The van der Waals surface area contributed by atoms with Crippen molar-refractivity contribution in [1.82, 2.24) is 4.98 Å². The minimum atomic E-state index is 1.12. The maximum absolute atomic E-state index is 3.69. The Balaban J connectivity index is 2.15. The lowest BCUT2D eigenvalue weighted by Gasteiger charge is -2.16. The molecule has 1 heterocycles. The highest BCUT2D eigenvalue weighted by Gasteiger charge is 2.18. The number of H-pyrrole nitrogens is 1.